The Balaban J connectivity index is 2.54. The summed E-state index contributed by atoms with van der Waals surface area (Å²) in [5, 5.41) is 3.68. The maximum absolute atomic E-state index is 2.75. The summed E-state index contributed by atoms with van der Waals surface area (Å²) in [7, 11) is 8.25. The van der Waals surface area contributed by atoms with Gasteiger partial charge in [-0.25, -0.2) is 0 Å². The van der Waals surface area contributed by atoms with E-state index in [4.69, 9.17) is 0 Å². The molecular formula is C12H12IP3. The maximum Gasteiger partial charge on any atom is 0.0208 e. The van der Waals surface area contributed by atoms with Crippen molar-refractivity contribution in [3.05, 3.63) is 40.0 Å². The van der Waals surface area contributed by atoms with E-state index in [1.165, 1.54) is 30.6 Å². The van der Waals surface area contributed by atoms with Crippen molar-refractivity contribution in [2.24, 2.45) is 0 Å². The monoisotopic (exact) mass is 376 g/mol. The summed E-state index contributed by atoms with van der Waals surface area (Å²) in [6.45, 7) is 0. The van der Waals surface area contributed by atoms with Crippen LogP contribution in [0.5, 0.6) is 0 Å². The van der Waals surface area contributed by atoms with Gasteiger partial charge in [0.1, 0.15) is 0 Å². The Labute approximate surface area is 117 Å². The molecule has 2 aromatic carbocycles. The van der Waals surface area contributed by atoms with Crippen molar-refractivity contribution in [3.8, 4) is 11.1 Å². The molecule has 2 aromatic rings. The molecule has 0 N–H and O–H groups in total. The Morgan fingerprint density at radius 1 is 0.750 bits per heavy atom. The lowest BCUT2D eigenvalue weighted by Crippen LogP contribution is -2.02. The third kappa shape index (κ3) is 3.02. The molecule has 0 aliphatic heterocycles. The van der Waals surface area contributed by atoms with E-state index in [0.717, 1.165) is 0 Å². The summed E-state index contributed by atoms with van der Waals surface area (Å²) in [6, 6.07) is 13.0. The van der Waals surface area contributed by atoms with E-state index in [2.05, 4.69) is 86.7 Å². The second kappa shape index (κ2) is 5.40. The molecule has 0 saturated heterocycles. The van der Waals surface area contributed by atoms with Crippen molar-refractivity contribution in [1.82, 2.24) is 0 Å². The minimum absolute atomic E-state index is 1.22. The van der Waals surface area contributed by atoms with E-state index in [0.29, 0.717) is 0 Å². The van der Waals surface area contributed by atoms with E-state index >= 15 is 0 Å². The van der Waals surface area contributed by atoms with Gasteiger partial charge >= 0.3 is 0 Å². The average Bonchev–Trinajstić information content (AvgIpc) is 2.20. The highest BCUT2D eigenvalue weighted by atomic mass is 127. The van der Waals surface area contributed by atoms with Crippen molar-refractivity contribution >= 4 is 66.2 Å². The Morgan fingerprint density at radius 3 is 1.94 bits per heavy atom. The second-order valence-electron chi connectivity index (χ2n) is 3.62. The Kier molecular flexibility index (Phi) is 4.36. The first-order chi connectivity index (χ1) is 7.56. The lowest BCUT2D eigenvalue weighted by atomic mass is 10.1. The highest BCUT2D eigenvalue weighted by molar-refractivity contribution is 14.1. The van der Waals surface area contributed by atoms with Gasteiger partial charge in [-0.1, -0.05) is 12.1 Å². The van der Waals surface area contributed by atoms with Crippen molar-refractivity contribution < 1.29 is 0 Å². The van der Waals surface area contributed by atoms with Crippen molar-refractivity contribution in [3.63, 3.8) is 0 Å². The molecule has 0 aromatic heterocycles. The number of benzene rings is 2. The summed E-state index contributed by atoms with van der Waals surface area (Å²) in [5.41, 5.74) is 2.53. The standard InChI is InChI=1S/C12H12IP3/c13-11-5-7(1-2-12(11)16)8-3-9(14)6-10(15)4-8/h1-6H,14-16H2. The first-order valence-electron chi connectivity index (χ1n) is 4.78. The van der Waals surface area contributed by atoms with Gasteiger partial charge < -0.3 is 0 Å². The van der Waals surface area contributed by atoms with Crippen LogP contribution in [0.3, 0.4) is 0 Å². The van der Waals surface area contributed by atoms with Crippen LogP contribution in [0.1, 0.15) is 0 Å². The first kappa shape index (κ1) is 12.9. The van der Waals surface area contributed by atoms with Crippen LogP contribution in [0.2, 0.25) is 0 Å². The van der Waals surface area contributed by atoms with Gasteiger partial charge in [-0.2, -0.15) is 0 Å². The van der Waals surface area contributed by atoms with Crippen LogP contribution in [0.4, 0.5) is 0 Å². The zero-order valence-electron chi connectivity index (χ0n) is 8.57. The fraction of sp³-hybridized carbons (Fsp3) is 0. The van der Waals surface area contributed by atoms with Gasteiger partial charge in [0.15, 0.2) is 0 Å². The average molecular weight is 376 g/mol. The Bertz CT molecular complexity index is 518. The molecule has 0 bridgehead atoms. The number of rotatable bonds is 1. The third-order valence-corrected chi connectivity index (χ3v) is 5.00. The molecule has 2 rings (SSSR count). The van der Waals surface area contributed by atoms with Crippen LogP contribution in [0.25, 0.3) is 11.1 Å². The molecule has 3 unspecified atom stereocenters. The molecule has 0 heterocycles. The summed E-state index contributed by atoms with van der Waals surface area (Å²) in [6.07, 6.45) is 0. The largest absolute Gasteiger partial charge is 0.106 e. The summed E-state index contributed by atoms with van der Waals surface area (Å²) >= 11 is 2.36. The fourth-order valence-electron chi connectivity index (χ4n) is 1.55. The molecule has 0 spiro atoms. The molecule has 0 amide bonds. The first-order valence-corrected chi connectivity index (χ1v) is 7.59. The molecule has 0 nitrogen and oxygen atoms in total. The van der Waals surface area contributed by atoms with Crippen molar-refractivity contribution in [2.45, 2.75) is 0 Å². The third-order valence-electron chi connectivity index (χ3n) is 2.31. The van der Waals surface area contributed by atoms with Crippen LogP contribution in [0, 0.1) is 3.57 Å². The number of hydrogen-bond donors (Lipinski definition) is 0. The molecule has 4 heteroatoms. The zero-order chi connectivity index (χ0) is 11.7. The second-order valence-corrected chi connectivity index (χ2v) is 6.74. The van der Waals surface area contributed by atoms with Crippen LogP contribution < -0.4 is 15.9 Å². The van der Waals surface area contributed by atoms with Gasteiger partial charge in [0.2, 0.25) is 0 Å². The van der Waals surface area contributed by atoms with E-state index < -0.39 is 0 Å². The minimum atomic E-state index is 1.22. The zero-order valence-corrected chi connectivity index (χ0v) is 14.2. The molecule has 0 aliphatic rings. The topological polar surface area (TPSA) is 0 Å². The van der Waals surface area contributed by atoms with Crippen LogP contribution in [-0.4, -0.2) is 0 Å². The lowest BCUT2D eigenvalue weighted by Gasteiger charge is -2.07. The van der Waals surface area contributed by atoms with Crippen molar-refractivity contribution in [2.75, 3.05) is 0 Å². The molecule has 82 valence electrons. The van der Waals surface area contributed by atoms with Gasteiger partial charge in [0, 0.05) is 3.57 Å². The molecule has 0 aliphatic carbocycles. The Hall–Kier alpha value is 0.460. The molecule has 0 fully saturated rings. The lowest BCUT2D eigenvalue weighted by molar-refractivity contribution is 1.65. The smallest absolute Gasteiger partial charge is 0.0208 e. The fourth-order valence-corrected chi connectivity index (χ4v) is 3.18. The van der Waals surface area contributed by atoms with Gasteiger partial charge in [-0.15, -0.1) is 27.7 Å². The van der Waals surface area contributed by atoms with Crippen LogP contribution in [-0.2, 0) is 0 Å². The van der Waals surface area contributed by atoms with Gasteiger partial charge in [0.25, 0.3) is 0 Å². The van der Waals surface area contributed by atoms with Gasteiger partial charge in [-0.3, -0.25) is 0 Å². The van der Waals surface area contributed by atoms with E-state index in [1.807, 2.05) is 0 Å². The number of hydrogen-bond acceptors (Lipinski definition) is 0. The van der Waals surface area contributed by atoms with Crippen molar-refractivity contribution in [1.29, 1.82) is 0 Å². The SMILES string of the molecule is Pc1cc(P)cc(-c2ccc(P)c(I)c2)c1. The summed E-state index contributed by atoms with van der Waals surface area (Å²) in [5.74, 6) is 0. The highest BCUT2D eigenvalue weighted by Crippen LogP contribution is 2.20. The predicted molar refractivity (Wildman–Crippen MR) is 92.6 cm³/mol. The Morgan fingerprint density at radius 2 is 1.38 bits per heavy atom. The highest BCUT2D eigenvalue weighted by Gasteiger charge is 2.02. The molecule has 16 heavy (non-hydrogen) atoms. The van der Waals surface area contributed by atoms with Crippen LogP contribution in [0.15, 0.2) is 36.4 Å². The normalized spacial score (nSPS) is 10.5. The molecule has 0 radical (unpaired) electrons. The quantitative estimate of drug-likeness (QED) is 0.530. The number of halogens is 1. The maximum atomic E-state index is 2.75. The van der Waals surface area contributed by atoms with E-state index in [-0.39, 0.29) is 0 Å². The van der Waals surface area contributed by atoms with E-state index in [1.54, 1.807) is 0 Å². The summed E-state index contributed by atoms with van der Waals surface area (Å²) < 4.78 is 1.28. The van der Waals surface area contributed by atoms with E-state index in [9.17, 15) is 0 Å². The van der Waals surface area contributed by atoms with Crippen LogP contribution >= 0.6 is 50.3 Å². The summed E-state index contributed by atoms with van der Waals surface area (Å²) in [4.78, 5) is 0. The molecular weight excluding hydrogens is 364 g/mol. The minimum Gasteiger partial charge on any atom is -0.106 e. The van der Waals surface area contributed by atoms with Gasteiger partial charge in [-0.05, 0) is 73.9 Å². The van der Waals surface area contributed by atoms with Gasteiger partial charge in [0.05, 0.1) is 0 Å². The molecule has 3 atom stereocenters. The predicted octanol–water partition coefficient (Wildman–Crippen LogP) is 2.46. The molecule has 0 saturated carbocycles.